The highest BCUT2D eigenvalue weighted by Gasteiger charge is 1.99. The molecule has 0 atom stereocenters. The molecule has 0 saturated carbocycles. The lowest BCUT2D eigenvalue weighted by atomic mass is 10.1. The number of benzene rings is 1. The molecule has 2 N–H and O–H groups in total. The minimum Gasteiger partial charge on any atom is -0.398 e. The van der Waals surface area contributed by atoms with Crippen LogP contribution in [0.2, 0.25) is 0 Å². The predicted octanol–water partition coefficient (Wildman–Crippen LogP) is 2.44. The summed E-state index contributed by atoms with van der Waals surface area (Å²) in [5.41, 5.74) is 6.46. The molecule has 0 spiro atoms. The number of hydrogen-bond acceptors (Lipinski definition) is 1. The van der Waals surface area contributed by atoms with E-state index in [2.05, 4.69) is 0 Å². The number of nitrogens with two attached hydrogens (primary N) is 1. The van der Waals surface area contributed by atoms with E-state index in [0.29, 0.717) is 11.3 Å². The molecule has 0 aromatic heterocycles. The summed E-state index contributed by atoms with van der Waals surface area (Å²) in [6.07, 6.45) is 3.42. The van der Waals surface area contributed by atoms with Gasteiger partial charge in [-0.2, -0.15) is 0 Å². The molecule has 2 heteroatoms. The molecule has 0 saturated heterocycles. The second-order valence-corrected chi connectivity index (χ2v) is 2.24. The van der Waals surface area contributed by atoms with Crippen molar-refractivity contribution in [1.29, 1.82) is 0 Å². The van der Waals surface area contributed by atoms with Crippen molar-refractivity contribution >= 4 is 11.8 Å². The van der Waals surface area contributed by atoms with Crippen LogP contribution < -0.4 is 5.73 Å². The van der Waals surface area contributed by atoms with Gasteiger partial charge in [0.15, 0.2) is 0 Å². The molecule has 0 amide bonds. The first-order valence-corrected chi connectivity index (χ1v) is 3.42. The molecule has 0 radical (unpaired) electrons. The van der Waals surface area contributed by atoms with Gasteiger partial charge in [-0.25, -0.2) is 4.39 Å². The van der Waals surface area contributed by atoms with Crippen molar-refractivity contribution in [3.8, 4) is 0 Å². The number of allylic oxidation sites excluding steroid dienone is 1. The summed E-state index contributed by atoms with van der Waals surface area (Å²) in [6.45, 7) is 1.83. The lowest BCUT2D eigenvalue weighted by Gasteiger charge is -1.99. The number of hydrogen-bond donors (Lipinski definition) is 1. The van der Waals surface area contributed by atoms with E-state index in [0.717, 1.165) is 0 Å². The topological polar surface area (TPSA) is 26.0 Å². The first kappa shape index (κ1) is 7.79. The van der Waals surface area contributed by atoms with Gasteiger partial charge < -0.3 is 5.73 Å². The van der Waals surface area contributed by atoms with Gasteiger partial charge in [0.2, 0.25) is 0 Å². The predicted molar refractivity (Wildman–Crippen MR) is 45.5 cm³/mol. The molecule has 11 heavy (non-hydrogen) atoms. The van der Waals surface area contributed by atoms with Gasteiger partial charge in [-0.05, 0) is 19.1 Å². The minimum atomic E-state index is -0.275. The number of halogens is 1. The molecule has 1 aromatic rings. The van der Waals surface area contributed by atoms with Crippen LogP contribution in [-0.4, -0.2) is 0 Å². The molecule has 0 aliphatic rings. The monoisotopic (exact) mass is 151 g/mol. The zero-order chi connectivity index (χ0) is 8.27. The Morgan fingerprint density at radius 1 is 1.45 bits per heavy atom. The zero-order valence-electron chi connectivity index (χ0n) is 6.34. The lowest BCUT2D eigenvalue weighted by Crippen LogP contribution is -1.91. The third kappa shape index (κ3) is 1.58. The summed E-state index contributed by atoms with van der Waals surface area (Å²) in [5.74, 6) is -0.275. The van der Waals surface area contributed by atoms with Crippen LogP contribution in [0.1, 0.15) is 12.5 Å². The van der Waals surface area contributed by atoms with Crippen molar-refractivity contribution in [2.24, 2.45) is 0 Å². The van der Waals surface area contributed by atoms with E-state index in [4.69, 9.17) is 5.73 Å². The van der Waals surface area contributed by atoms with Crippen molar-refractivity contribution in [2.45, 2.75) is 6.92 Å². The average molecular weight is 151 g/mol. The molecule has 0 unspecified atom stereocenters. The van der Waals surface area contributed by atoms with E-state index >= 15 is 0 Å². The Morgan fingerprint density at radius 3 is 2.73 bits per heavy atom. The van der Waals surface area contributed by atoms with Crippen LogP contribution in [0.3, 0.4) is 0 Å². The maximum absolute atomic E-state index is 12.9. The quantitative estimate of drug-likeness (QED) is 0.613. The van der Waals surface area contributed by atoms with Gasteiger partial charge in [-0.1, -0.05) is 18.2 Å². The average Bonchev–Trinajstić information content (AvgIpc) is 1.97. The van der Waals surface area contributed by atoms with Crippen molar-refractivity contribution < 1.29 is 4.39 Å². The number of rotatable bonds is 1. The maximum Gasteiger partial charge on any atom is 0.132 e. The van der Waals surface area contributed by atoms with Crippen molar-refractivity contribution in [3.63, 3.8) is 0 Å². The number of anilines is 1. The summed E-state index contributed by atoms with van der Waals surface area (Å²) < 4.78 is 12.9. The second-order valence-electron chi connectivity index (χ2n) is 2.24. The lowest BCUT2D eigenvalue weighted by molar-refractivity contribution is 0.626. The molecule has 0 heterocycles. The van der Waals surface area contributed by atoms with E-state index in [1.807, 2.05) is 6.92 Å². The summed E-state index contributed by atoms with van der Waals surface area (Å²) in [7, 11) is 0. The Bertz CT molecular complexity index is 259. The zero-order valence-corrected chi connectivity index (χ0v) is 6.34. The van der Waals surface area contributed by atoms with Crippen molar-refractivity contribution in [1.82, 2.24) is 0 Å². The van der Waals surface area contributed by atoms with Gasteiger partial charge >= 0.3 is 0 Å². The van der Waals surface area contributed by atoms with Crippen LogP contribution >= 0.6 is 0 Å². The molecule has 0 fully saturated rings. The van der Waals surface area contributed by atoms with Gasteiger partial charge in [0, 0.05) is 11.3 Å². The SMILES string of the molecule is C/C=C/c1c(N)cccc1F. The van der Waals surface area contributed by atoms with Crippen LogP contribution in [0.25, 0.3) is 6.08 Å². The maximum atomic E-state index is 12.9. The van der Waals surface area contributed by atoms with Crippen LogP contribution in [0, 0.1) is 5.82 Å². The third-order valence-corrected chi connectivity index (χ3v) is 1.42. The molecule has 1 aromatic carbocycles. The van der Waals surface area contributed by atoms with E-state index in [1.54, 1.807) is 24.3 Å². The van der Waals surface area contributed by atoms with Crippen LogP contribution in [0.15, 0.2) is 24.3 Å². The molecular weight excluding hydrogens is 141 g/mol. The largest absolute Gasteiger partial charge is 0.398 e. The molecule has 1 rings (SSSR count). The molecule has 58 valence electrons. The first-order chi connectivity index (χ1) is 5.25. The molecular formula is C9H10FN. The Labute approximate surface area is 65.3 Å². The van der Waals surface area contributed by atoms with Crippen LogP contribution in [0.5, 0.6) is 0 Å². The third-order valence-electron chi connectivity index (χ3n) is 1.42. The van der Waals surface area contributed by atoms with Crippen molar-refractivity contribution in [3.05, 3.63) is 35.7 Å². The fourth-order valence-corrected chi connectivity index (χ4v) is 0.896. The van der Waals surface area contributed by atoms with Gasteiger partial charge in [-0.3, -0.25) is 0 Å². The molecule has 0 bridgehead atoms. The minimum absolute atomic E-state index is 0.275. The van der Waals surface area contributed by atoms with Crippen LogP contribution in [0.4, 0.5) is 10.1 Å². The highest BCUT2D eigenvalue weighted by Crippen LogP contribution is 2.16. The fraction of sp³-hybridized carbons (Fsp3) is 0.111. The van der Waals surface area contributed by atoms with E-state index in [1.165, 1.54) is 6.07 Å². The number of nitrogen functional groups attached to an aromatic ring is 1. The van der Waals surface area contributed by atoms with E-state index in [9.17, 15) is 4.39 Å². The summed E-state index contributed by atoms with van der Waals surface area (Å²) in [4.78, 5) is 0. The smallest absolute Gasteiger partial charge is 0.132 e. The second kappa shape index (κ2) is 3.19. The normalized spacial score (nSPS) is 10.7. The van der Waals surface area contributed by atoms with Gasteiger partial charge in [0.05, 0.1) is 0 Å². The van der Waals surface area contributed by atoms with Gasteiger partial charge in [0.1, 0.15) is 5.82 Å². The fourth-order valence-electron chi connectivity index (χ4n) is 0.896. The summed E-state index contributed by atoms with van der Waals surface area (Å²) in [5, 5.41) is 0. The standard InChI is InChI=1S/C9H10FN/c1-2-4-7-8(10)5-3-6-9(7)11/h2-6H,11H2,1H3/b4-2+. The van der Waals surface area contributed by atoms with Gasteiger partial charge in [-0.15, -0.1) is 0 Å². The van der Waals surface area contributed by atoms with Crippen LogP contribution in [-0.2, 0) is 0 Å². The summed E-state index contributed by atoms with van der Waals surface area (Å²) >= 11 is 0. The molecule has 0 aliphatic heterocycles. The highest BCUT2D eigenvalue weighted by atomic mass is 19.1. The van der Waals surface area contributed by atoms with E-state index in [-0.39, 0.29) is 5.82 Å². The highest BCUT2D eigenvalue weighted by molar-refractivity contribution is 5.64. The first-order valence-electron chi connectivity index (χ1n) is 3.42. The Kier molecular flexibility index (Phi) is 2.26. The Hall–Kier alpha value is -1.31. The Morgan fingerprint density at radius 2 is 2.18 bits per heavy atom. The summed E-state index contributed by atoms with van der Waals surface area (Å²) in [6, 6.07) is 4.67. The van der Waals surface area contributed by atoms with Crippen molar-refractivity contribution in [2.75, 3.05) is 5.73 Å². The van der Waals surface area contributed by atoms with Gasteiger partial charge in [0.25, 0.3) is 0 Å². The molecule has 1 nitrogen and oxygen atoms in total. The Balaban J connectivity index is 3.20. The molecule has 0 aliphatic carbocycles. The van der Waals surface area contributed by atoms with E-state index < -0.39 is 0 Å².